The van der Waals surface area contributed by atoms with E-state index in [9.17, 15) is 18.0 Å². The zero-order chi connectivity index (χ0) is 15.7. The van der Waals surface area contributed by atoms with Crippen molar-refractivity contribution in [3.8, 4) is 0 Å². The second-order valence-electron chi connectivity index (χ2n) is 5.36. The van der Waals surface area contributed by atoms with E-state index in [4.69, 9.17) is 11.6 Å². The van der Waals surface area contributed by atoms with E-state index < -0.39 is 17.3 Å². The molecule has 3 nitrogen and oxygen atoms in total. The molecule has 1 unspecified atom stereocenters. The maximum Gasteiger partial charge on any atom is 0.417 e. The predicted octanol–water partition coefficient (Wildman–Crippen LogP) is 3.83. The van der Waals surface area contributed by atoms with Gasteiger partial charge in [-0.3, -0.25) is 4.79 Å². The van der Waals surface area contributed by atoms with Crippen molar-refractivity contribution in [3.05, 3.63) is 28.8 Å². The molecule has 1 fully saturated rings. The largest absolute Gasteiger partial charge is 0.417 e. The minimum atomic E-state index is -4.55. The summed E-state index contributed by atoms with van der Waals surface area (Å²) in [5, 5.41) is 5.26. The first-order chi connectivity index (χ1) is 9.72. The van der Waals surface area contributed by atoms with Gasteiger partial charge in [0.15, 0.2) is 0 Å². The van der Waals surface area contributed by atoms with E-state index >= 15 is 0 Å². The van der Waals surface area contributed by atoms with Crippen LogP contribution in [0.2, 0.25) is 5.02 Å². The highest BCUT2D eigenvalue weighted by molar-refractivity contribution is 6.31. The monoisotopic (exact) mass is 320 g/mol. The summed E-state index contributed by atoms with van der Waals surface area (Å²) < 4.78 is 38.4. The Morgan fingerprint density at radius 2 is 2.10 bits per heavy atom. The number of piperidine rings is 1. The molecule has 0 spiro atoms. The van der Waals surface area contributed by atoms with Gasteiger partial charge in [-0.1, -0.05) is 11.6 Å². The molecule has 2 N–H and O–H groups in total. The molecule has 1 atom stereocenters. The summed E-state index contributed by atoms with van der Waals surface area (Å²) in [6.45, 7) is 2.47. The van der Waals surface area contributed by atoms with Gasteiger partial charge in [0, 0.05) is 5.69 Å². The molecule has 1 aliphatic heterocycles. The van der Waals surface area contributed by atoms with Crippen LogP contribution in [-0.4, -0.2) is 18.0 Å². The van der Waals surface area contributed by atoms with Gasteiger partial charge < -0.3 is 10.6 Å². The lowest BCUT2D eigenvalue weighted by molar-refractivity contribution is -0.137. The van der Waals surface area contributed by atoms with Crippen molar-refractivity contribution < 1.29 is 18.0 Å². The molecule has 1 aliphatic rings. The number of benzene rings is 1. The second-order valence-corrected chi connectivity index (χ2v) is 5.77. The molecule has 0 saturated carbocycles. The van der Waals surface area contributed by atoms with Crippen molar-refractivity contribution in [1.82, 2.24) is 5.32 Å². The lowest BCUT2D eigenvalue weighted by atomic mass is 9.90. The number of amides is 1. The molecule has 0 bridgehead atoms. The fraction of sp³-hybridized carbons (Fsp3) is 0.500. The van der Waals surface area contributed by atoms with Gasteiger partial charge in [0.2, 0.25) is 5.91 Å². The summed E-state index contributed by atoms with van der Waals surface area (Å²) in [6.07, 6.45) is -2.00. The van der Waals surface area contributed by atoms with Gasteiger partial charge in [-0.05, 0) is 50.9 Å². The number of anilines is 1. The summed E-state index contributed by atoms with van der Waals surface area (Å²) in [5.74, 6) is -0.336. The molecule has 0 radical (unpaired) electrons. The first-order valence-electron chi connectivity index (χ1n) is 6.66. The van der Waals surface area contributed by atoms with Crippen LogP contribution in [-0.2, 0) is 11.0 Å². The van der Waals surface area contributed by atoms with Gasteiger partial charge in [0.25, 0.3) is 0 Å². The third kappa shape index (κ3) is 3.68. The standard InChI is InChI=1S/C14H16ClF3N2O/c1-13(6-2-3-7-19-13)12(21)20-9-4-5-11(15)10(8-9)14(16,17)18/h4-5,8,19H,2-3,6-7H2,1H3,(H,20,21). The van der Waals surface area contributed by atoms with Crippen molar-refractivity contribution in [1.29, 1.82) is 0 Å². The summed E-state index contributed by atoms with van der Waals surface area (Å²) in [4.78, 5) is 12.2. The molecule has 1 heterocycles. The molecule has 0 aromatic heterocycles. The predicted molar refractivity (Wildman–Crippen MR) is 75.3 cm³/mol. The van der Waals surface area contributed by atoms with E-state index in [-0.39, 0.29) is 16.6 Å². The van der Waals surface area contributed by atoms with Crippen LogP contribution in [0, 0.1) is 0 Å². The number of carbonyl (C=O) groups is 1. The number of nitrogens with one attached hydrogen (secondary N) is 2. The van der Waals surface area contributed by atoms with Crippen LogP contribution in [0.3, 0.4) is 0 Å². The quantitative estimate of drug-likeness (QED) is 0.869. The number of rotatable bonds is 2. The average molecular weight is 321 g/mol. The van der Waals surface area contributed by atoms with Crippen LogP contribution in [0.1, 0.15) is 31.7 Å². The molecule has 21 heavy (non-hydrogen) atoms. The Kier molecular flexibility index (Phi) is 4.49. The Morgan fingerprint density at radius 3 is 2.67 bits per heavy atom. The minimum absolute atomic E-state index is 0.0883. The van der Waals surface area contributed by atoms with Crippen LogP contribution in [0.15, 0.2) is 18.2 Å². The van der Waals surface area contributed by atoms with Crippen molar-refractivity contribution >= 4 is 23.2 Å². The van der Waals surface area contributed by atoms with E-state index in [2.05, 4.69) is 10.6 Å². The lowest BCUT2D eigenvalue weighted by Crippen LogP contribution is -2.54. The van der Waals surface area contributed by atoms with E-state index in [0.717, 1.165) is 31.5 Å². The molecule has 116 valence electrons. The summed E-state index contributed by atoms with van der Waals surface area (Å²) >= 11 is 5.55. The number of alkyl halides is 3. The van der Waals surface area contributed by atoms with Crippen molar-refractivity contribution in [2.24, 2.45) is 0 Å². The van der Waals surface area contributed by atoms with Crippen LogP contribution in [0.25, 0.3) is 0 Å². The zero-order valence-electron chi connectivity index (χ0n) is 11.5. The molecular formula is C14H16ClF3N2O. The molecule has 1 amide bonds. The summed E-state index contributed by atoms with van der Waals surface area (Å²) in [6, 6.07) is 3.35. The Balaban J connectivity index is 2.18. The van der Waals surface area contributed by atoms with Gasteiger partial charge in [0.1, 0.15) is 0 Å². The Labute approximate surface area is 125 Å². The Bertz CT molecular complexity index is 540. The van der Waals surface area contributed by atoms with Gasteiger partial charge in [-0.2, -0.15) is 13.2 Å². The second kappa shape index (κ2) is 5.85. The van der Waals surface area contributed by atoms with Crippen LogP contribution in [0.5, 0.6) is 0 Å². The van der Waals surface area contributed by atoms with E-state index in [1.807, 2.05) is 0 Å². The van der Waals surface area contributed by atoms with Gasteiger partial charge >= 0.3 is 6.18 Å². The van der Waals surface area contributed by atoms with Gasteiger partial charge in [-0.15, -0.1) is 0 Å². The first-order valence-corrected chi connectivity index (χ1v) is 7.03. The minimum Gasteiger partial charge on any atom is -0.324 e. The number of hydrogen-bond donors (Lipinski definition) is 2. The molecule has 0 aliphatic carbocycles. The van der Waals surface area contributed by atoms with Crippen LogP contribution in [0.4, 0.5) is 18.9 Å². The zero-order valence-corrected chi connectivity index (χ0v) is 12.2. The molecule has 1 aromatic rings. The van der Waals surface area contributed by atoms with Gasteiger partial charge in [-0.25, -0.2) is 0 Å². The SMILES string of the molecule is CC1(C(=O)Nc2ccc(Cl)c(C(F)(F)F)c2)CCCCN1. The smallest absolute Gasteiger partial charge is 0.324 e. The molecule has 2 rings (SSSR count). The van der Waals surface area contributed by atoms with Crippen LogP contribution >= 0.6 is 11.6 Å². The number of carbonyl (C=O) groups excluding carboxylic acids is 1. The lowest BCUT2D eigenvalue weighted by Gasteiger charge is -2.33. The summed E-state index contributed by atoms with van der Waals surface area (Å²) in [5.41, 5.74) is -1.62. The van der Waals surface area contributed by atoms with Crippen LogP contribution < -0.4 is 10.6 Å². The third-order valence-electron chi connectivity index (χ3n) is 3.65. The van der Waals surface area contributed by atoms with E-state index in [0.29, 0.717) is 6.42 Å². The highest BCUT2D eigenvalue weighted by Crippen LogP contribution is 2.36. The fourth-order valence-corrected chi connectivity index (χ4v) is 2.56. The number of hydrogen-bond acceptors (Lipinski definition) is 2. The molecule has 7 heteroatoms. The highest BCUT2D eigenvalue weighted by Gasteiger charge is 2.36. The van der Waals surface area contributed by atoms with Crippen molar-refractivity contribution in [2.45, 2.75) is 37.9 Å². The van der Waals surface area contributed by atoms with Crippen molar-refractivity contribution in [3.63, 3.8) is 0 Å². The Hall–Kier alpha value is -1.27. The third-order valence-corrected chi connectivity index (χ3v) is 3.98. The topological polar surface area (TPSA) is 41.1 Å². The first kappa shape index (κ1) is 16.1. The van der Waals surface area contributed by atoms with E-state index in [1.165, 1.54) is 6.07 Å². The maximum absolute atomic E-state index is 12.8. The molecule has 1 aromatic carbocycles. The normalized spacial score (nSPS) is 22.9. The molecule has 1 saturated heterocycles. The highest BCUT2D eigenvalue weighted by atomic mass is 35.5. The average Bonchev–Trinajstić information content (AvgIpc) is 2.40. The van der Waals surface area contributed by atoms with E-state index in [1.54, 1.807) is 6.92 Å². The van der Waals surface area contributed by atoms with Gasteiger partial charge in [0.05, 0.1) is 16.1 Å². The Morgan fingerprint density at radius 1 is 1.38 bits per heavy atom. The van der Waals surface area contributed by atoms with Crippen molar-refractivity contribution in [2.75, 3.05) is 11.9 Å². The maximum atomic E-state index is 12.8. The number of halogens is 4. The fourth-order valence-electron chi connectivity index (χ4n) is 2.34. The summed E-state index contributed by atoms with van der Waals surface area (Å²) in [7, 11) is 0. The molecular weight excluding hydrogens is 305 g/mol.